The van der Waals surface area contributed by atoms with Gasteiger partial charge in [0.15, 0.2) is 5.13 Å². The first-order chi connectivity index (χ1) is 17.3. The third-order valence-electron chi connectivity index (χ3n) is 5.75. The van der Waals surface area contributed by atoms with Gasteiger partial charge in [0.25, 0.3) is 5.78 Å². The summed E-state index contributed by atoms with van der Waals surface area (Å²) in [4.78, 5) is 43.9. The average molecular weight is 506 g/mol. The number of Topliss-reactive ketones (excluding diaryl/α,β-unsaturated/α-hetero) is 1. The number of carbonyl (C=O) groups is 3. The van der Waals surface area contributed by atoms with Gasteiger partial charge in [-0.2, -0.15) is 0 Å². The Labute approximate surface area is 206 Å². The molecule has 1 aromatic heterocycles. The van der Waals surface area contributed by atoms with E-state index in [2.05, 4.69) is 4.98 Å². The first-order valence-corrected chi connectivity index (χ1v) is 11.4. The lowest BCUT2D eigenvalue weighted by Crippen LogP contribution is -2.29. The maximum Gasteiger partial charge on any atom is 0.337 e. The predicted octanol–water partition coefficient (Wildman–Crippen LogP) is 4.99. The number of thiazole rings is 1. The number of aliphatic hydroxyl groups is 1. The third-order valence-corrected chi connectivity index (χ3v) is 6.77. The van der Waals surface area contributed by atoms with E-state index < -0.39 is 41.1 Å². The van der Waals surface area contributed by atoms with Gasteiger partial charge in [-0.25, -0.2) is 18.6 Å². The highest BCUT2D eigenvalue weighted by Crippen LogP contribution is 2.44. The molecule has 1 saturated heterocycles. The quantitative estimate of drug-likeness (QED) is 0.181. The van der Waals surface area contributed by atoms with Crippen LogP contribution in [0.15, 0.2) is 72.3 Å². The van der Waals surface area contributed by atoms with Gasteiger partial charge in [-0.1, -0.05) is 23.5 Å². The number of anilines is 1. The molecule has 36 heavy (non-hydrogen) atoms. The number of hydrogen-bond acceptors (Lipinski definition) is 7. The molecule has 4 aromatic rings. The van der Waals surface area contributed by atoms with Crippen LogP contribution in [0.2, 0.25) is 0 Å². The average Bonchev–Trinajstić information content (AvgIpc) is 3.41. The van der Waals surface area contributed by atoms with E-state index in [9.17, 15) is 28.3 Å². The van der Waals surface area contributed by atoms with Gasteiger partial charge in [0.2, 0.25) is 0 Å². The molecular weight excluding hydrogens is 490 g/mol. The minimum Gasteiger partial charge on any atom is -0.507 e. The fourth-order valence-electron chi connectivity index (χ4n) is 4.02. The number of hydrogen-bond donors (Lipinski definition) is 1. The Bertz CT molecular complexity index is 1560. The summed E-state index contributed by atoms with van der Waals surface area (Å²) in [6.07, 6.45) is 0. The second-order valence-corrected chi connectivity index (χ2v) is 8.91. The van der Waals surface area contributed by atoms with Crippen molar-refractivity contribution in [3.63, 3.8) is 0 Å². The summed E-state index contributed by atoms with van der Waals surface area (Å²) in [5.74, 6) is -4.00. The molecule has 7 nitrogen and oxygen atoms in total. The zero-order valence-corrected chi connectivity index (χ0v) is 19.4. The fourth-order valence-corrected chi connectivity index (χ4v) is 5.03. The Balaban J connectivity index is 1.70. The molecule has 1 aliphatic heterocycles. The molecule has 180 valence electrons. The molecule has 10 heteroatoms. The number of carbonyl (C=O) groups excluding carboxylic acids is 3. The molecule has 1 amide bonds. The molecule has 0 radical (unpaired) electrons. The molecule has 0 saturated carbocycles. The predicted molar refractivity (Wildman–Crippen MR) is 129 cm³/mol. The molecule has 1 fully saturated rings. The highest BCUT2D eigenvalue weighted by atomic mass is 32.1. The fraction of sp³-hybridized carbons (Fsp3) is 0.0769. The smallest absolute Gasteiger partial charge is 0.337 e. The van der Waals surface area contributed by atoms with Gasteiger partial charge >= 0.3 is 11.9 Å². The van der Waals surface area contributed by atoms with Gasteiger partial charge in [-0.3, -0.25) is 14.5 Å². The number of amides is 1. The van der Waals surface area contributed by atoms with Gasteiger partial charge in [-0.15, -0.1) is 0 Å². The van der Waals surface area contributed by atoms with Crippen LogP contribution in [0.1, 0.15) is 27.5 Å². The van der Waals surface area contributed by atoms with E-state index in [1.165, 1.54) is 61.7 Å². The number of methoxy groups -OCH3 is 1. The number of aliphatic hydroxyl groups excluding tert-OH is 1. The van der Waals surface area contributed by atoms with Crippen molar-refractivity contribution in [2.75, 3.05) is 12.0 Å². The van der Waals surface area contributed by atoms with Crippen molar-refractivity contribution in [2.45, 2.75) is 6.04 Å². The lowest BCUT2D eigenvalue weighted by molar-refractivity contribution is -0.132. The van der Waals surface area contributed by atoms with Crippen LogP contribution in [-0.2, 0) is 14.3 Å². The molecule has 0 spiro atoms. The second-order valence-electron chi connectivity index (χ2n) is 7.90. The molecule has 1 aliphatic rings. The number of ketones is 1. The normalized spacial score (nSPS) is 17.1. The molecule has 3 aromatic carbocycles. The maximum absolute atomic E-state index is 13.8. The van der Waals surface area contributed by atoms with Crippen LogP contribution in [0.3, 0.4) is 0 Å². The molecule has 0 aliphatic carbocycles. The van der Waals surface area contributed by atoms with Gasteiger partial charge in [0, 0.05) is 5.56 Å². The molecule has 1 atom stereocenters. The van der Waals surface area contributed by atoms with Crippen LogP contribution in [0, 0.1) is 11.6 Å². The van der Waals surface area contributed by atoms with Crippen molar-refractivity contribution in [3.8, 4) is 0 Å². The molecule has 0 unspecified atom stereocenters. The summed E-state index contributed by atoms with van der Waals surface area (Å²) >= 11 is 1.01. The van der Waals surface area contributed by atoms with E-state index in [1.54, 1.807) is 0 Å². The Hall–Kier alpha value is -4.44. The number of fused-ring (bicyclic) bond motifs is 1. The number of esters is 1. The Morgan fingerprint density at radius 2 is 1.61 bits per heavy atom. The van der Waals surface area contributed by atoms with Crippen LogP contribution >= 0.6 is 11.3 Å². The zero-order chi connectivity index (χ0) is 25.6. The first-order valence-electron chi connectivity index (χ1n) is 10.6. The number of benzene rings is 3. The lowest BCUT2D eigenvalue weighted by Gasteiger charge is -2.23. The number of ether oxygens (including phenoxy) is 1. The van der Waals surface area contributed by atoms with Crippen molar-refractivity contribution in [1.29, 1.82) is 0 Å². The van der Waals surface area contributed by atoms with E-state index in [1.807, 2.05) is 0 Å². The topological polar surface area (TPSA) is 96.8 Å². The van der Waals surface area contributed by atoms with Gasteiger partial charge in [-0.05, 0) is 60.2 Å². The largest absolute Gasteiger partial charge is 0.507 e. The van der Waals surface area contributed by atoms with Crippen molar-refractivity contribution in [1.82, 2.24) is 4.98 Å². The number of rotatable bonds is 4. The van der Waals surface area contributed by atoms with E-state index in [-0.39, 0.29) is 21.8 Å². The summed E-state index contributed by atoms with van der Waals surface area (Å²) in [5.41, 5.74) is 0.972. The summed E-state index contributed by atoms with van der Waals surface area (Å²) in [6.45, 7) is 0. The third kappa shape index (κ3) is 3.91. The summed E-state index contributed by atoms with van der Waals surface area (Å²) in [6, 6.07) is 13.6. The van der Waals surface area contributed by atoms with E-state index >= 15 is 0 Å². The standard InChI is InChI=1S/C26H16F2N2O5S/c1-35-25(34)15-4-2-13(3-5-15)21-20(22(31)14-6-8-16(27)9-7-14)23(32)24(33)30(21)26-29-18-11-10-17(28)12-19(18)36-26/h2-12,21,31H,1H3/b22-20+/t21-/m1/s1. The van der Waals surface area contributed by atoms with Gasteiger partial charge < -0.3 is 9.84 Å². The van der Waals surface area contributed by atoms with Crippen molar-refractivity contribution >= 4 is 50.1 Å². The molecule has 2 heterocycles. The van der Waals surface area contributed by atoms with Crippen molar-refractivity contribution in [2.24, 2.45) is 0 Å². The Kier molecular flexibility index (Phi) is 5.81. The minimum atomic E-state index is -1.12. The van der Waals surface area contributed by atoms with Crippen molar-refractivity contribution in [3.05, 3.63) is 101 Å². The number of aromatic nitrogens is 1. The zero-order valence-electron chi connectivity index (χ0n) is 18.6. The summed E-state index contributed by atoms with van der Waals surface area (Å²) in [5, 5.41) is 11.2. The lowest BCUT2D eigenvalue weighted by atomic mass is 9.95. The minimum absolute atomic E-state index is 0.123. The first kappa shape index (κ1) is 23.3. The molecule has 1 N–H and O–H groups in total. The van der Waals surface area contributed by atoms with Crippen LogP contribution in [0.25, 0.3) is 16.0 Å². The SMILES string of the molecule is COC(=O)c1ccc([C@@H]2/C(=C(\O)c3ccc(F)cc3)C(=O)C(=O)N2c2nc3ccc(F)cc3s2)cc1. The molecule has 5 rings (SSSR count). The molecule has 0 bridgehead atoms. The summed E-state index contributed by atoms with van der Waals surface area (Å²) < 4.78 is 32.4. The highest BCUT2D eigenvalue weighted by Gasteiger charge is 2.48. The Morgan fingerprint density at radius 3 is 2.28 bits per heavy atom. The van der Waals surface area contributed by atoms with E-state index in [4.69, 9.17) is 4.74 Å². The van der Waals surface area contributed by atoms with Gasteiger partial charge in [0.05, 0.1) is 34.5 Å². The van der Waals surface area contributed by atoms with Crippen molar-refractivity contribution < 1.29 is 33.0 Å². The monoisotopic (exact) mass is 506 g/mol. The van der Waals surface area contributed by atoms with E-state index in [0.717, 1.165) is 28.4 Å². The Morgan fingerprint density at radius 1 is 0.972 bits per heavy atom. The summed E-state index contributed by atoms with van der Waals surface area (Å²) in [7, 11) is 1.24. The number of halogens is 2. The maximum atomic E-state index is 13.8. The van der Waals surface area contributed by atoms with Gasteiger partial charge in [0.1, 0.15) is 17.4 Å². The van der Waals surface area contributed by atoms with Crippen LogP contribution in [0.5, 0.6) is 0 Å². The van der Waals surface area contributed by atoms with Crippen LogP contribution in [-0.4, -0.2) is 34.9 Å². The highest BCUT2D eigenvalue weighted by molar-refractivity contribution is 7.22. The second kappa shape index (κ2) is 8.97. The van der Waals surface area contributed by atoms with Crippen LogP contribution in [0.4, 0.5) is 13.9 Å². The molecular formula is C26H16F2N2O5S. The number of nitrogens with zero attached hydrogens (tertiary/aromatic N) is 2. The van der Waals surface area contributed by atoms with Crippen LogP contribution < -0.4 is 4.90 Å². The van der Waals surface area contributed by atoms with E-state index in [0.29, 0.717) is 15.8 Å².